The number of aryl methyl sites for hydroxylation is 1. The van der Waals surface area contributed by atoms with Crippen LogP contribution in [0.2, 0.25) is 0 Å². The van der Waals surface area contributed by atoms with Crippen molar-refractivity contribution in [1.29, 1.82) is 0 Å². The molecule has 0 aliphatic heterocycles. The van der Waals surface area contributed by atoms with Crippen molar-refractivity contribution < 1.29 is 22.7 Å². The highest BCUT2D eigenvalue weighted by Gasteiger charge is 2.22. The highest BCUT2D eigenvalue weighted by Crippen LogP contribution is 2.29. The number of rotatable bonds is 5. The van der Waals surface area contributed by atoms with Gasteiger partial charge in [-0.3, -0.25) is 4.79 Å². The Morgan fingerprint density at radius 2 is 1.81 bits per heavy atom. The molecule has 0 spiro atoms. The third-order valence-corrected chi connectivity index (χ3v) is 5.69. The van der Waals surface area contributed by atoms with E-state index in [2.05, 4.69) is 11.4 Å². The number of nitrogens with one attached hydrogen (secondary N) is 1. The maximum atomic E-state index is 12.2. The summed E-state index contributed by atoms with van der Waals surface area (Å²) in [5.41, 5.74) is 2.54. The fourth-order valence-corrected chi connectivity index (χ4v) is 3.82. The molecule has 0 fully saturated rings. The summed E-state index contributed by atoms with van der Waals surface area (Å²) in [4.78, 5) is 24.3. The Hall–Kier alpha value is -2.67. The van der Waals surface area contributed by atoms with Gasteiger partial charge in [-0.05, 0) is 54.7 Å². The maximum absolute atomic E-state index is 12.2. The number of fused-ring (bicyclic) bond motifs is 1. The Balaban J connectivity index is 1.56. The summed E-state index contributed by atoms with van der Waals surface area (Å²) >= 11 is 0. The van der Waals surface area contributed by atoms with E-state index < -0.39 is 15.8 Å². The van der Waals surface area contributed by atoms with Gasteiger partial charge in [0, 0.05) is 6.26 Å². The summed E-state index contributed by atoms with van der Waals surface area (Å²) in [5, 5.41) is 2.92. The van der Waals surface area contributed by atoms with E-state index in [9.17, 15) is 18.0 Å². The number of hydrogen-bond donors (Lipinski definition) is 1. The van der Waals surface area contributed by atoms with Gasteiger partial charge >= 0.3 is 5.97 Å². The maximum Gasteiger partial charge on any atom is 0.338 e. The van der Waals surface area contributed by atoms with E-state index in [0.29, 0.717) is 0 Å². The number of sulfone groups is 1. The summed E-state index contributed by atoms with van der Waals surface area (Å²) in [6.45, 7) is -0.384. The summed E-state index contributed by atoms with van der Waals surface area (Å²) in [6.07, 6.45) is 3.94. The van der Waals surface area contributed by atoms with Gasteiger partial charge in [-0.25, -0.2) is 13.2 Å². The first-order valence-electron chi connectivity index (χ1n) is 8.69. The molecule has 2 aromatic carbocycles. The fourth-order valence-electron chi connectivity index (χ4n) is 3.19. The van der Waals surface area contributed by atoms with Crippen LogP contribution in [0.5, 0.6) is 0 Å². The molecule has 2 aromatic rings. The monoisotopic (exact) mass is 387 g/mol. The molecule has 0 saturated carbocycles. The van der Waals surface area contributed by atoms with Crippen LogP contribution in [-0.2, 0) is 25.8 Å². The van der Waals surface area contributed by atoms with E-state index in [4.69, 9.17) is 4.74 Å². The number of ether oxygens (including phenoxy) is 1. The Kier molecular flexibility index (Phi) is 5.60. The number of amides is 1. The zero-order chi connectivity index (χ0) is 19.4. The molecular formula is C20H21NO5S. The third kappa shape index (κ3) is 4.74. The standard InChI is InChI=1S/C20H21NO5S/c1-27(24,25)16-11-9-15(10-12-16)20(23)26-13-19(22)21-18-8-4-6-14-5-2-3-7-17(14)18/h2-3,5,7,9-12,18H,4,6,8,13H2,1H3,(H,21,22)/t18-/m0/s1. The Morgan fingerprint density at radius 1 is 1.11 bits per heavy atom. The molecule has 142 valence electrons. The minimum absolute atomic E-state index is 0.0739. The molecule has 6 nitrogen and oxygen atoms in total. The lowest BCUT2D eigenvalue weighted by molar-refractivity contribution is -0.125. The van der Waals surface area contributed by atoms with Crippen molar-refractivity contribution in [2.24, 2.45) is 0 Å². The lowest BCUT2D eigenvalue weighted by atomic mass is 9.88. The molecular weight excluding hydrogens is 366 g/mol. The molecule has 1 aliphatic carbocycles. The largest absolute Gasteiger partial charge is 0.452 e. The van der Waals surface area contributed by atoms with Crippen LogP contribution in [0.3, 0.4) is 0 Å². The van der Waals surface area contributed by atoms with Crippen molar-refractivity contribution in [3.8, 4) is 0 Å². The molecule has 0 radical (unpaired) electrons. The van der Waals surface area contributed by atoms with Gasteiger partial charge in [-0.1, -0.05) is 24.3 Å². The first-order chi connectivity index (χ1) is 12.8. The van der Waals surface area contributed by atoms with Crippen LogP contribution in [0.1, 0.15) is 40.4 Å². The molecule has 27 heavy (non-hydrogen) atoms. The fraction of sp³-hybridized carbons (Fsp3) is 0.300. The Bertz CT molecular complexity index is 951. The molecule has 1 atom stereocenters. The van der Waals surface area contributed by atoms with Gasteiger partial charge < -0.3 is 10.1 Å². The average Bonchev–Trinajstić information content (AvgIpc) is 2.66. The molecule has 0 bridgehead atoms. The summed E-state index contributed by atoms with van der Waals surface area (Å²) in [6, 6.07) is 13.3. The van der Waals surface area contributed by atoms with Crippen LogP contribution >= 0.6 is 0 Å². The van der Waals surface area contributed by atoms with Crippen LogP contribution in [0.25, 0.3) is 0 Å². The molecule has 7 heteroatoms. The van der Waals surface area contributed by atoms with E-state index in [1.54, 1.807) is 0 Å². The van der Waals surface area contributed by atoms with Crippen LogP contribution in [0.4, 0.5) is 0 Å². The number of carbonyl (C=O) groups is 2. The molecule has 1 amide bonds. The minimum Gasteiger partial charge on any atom is -0.452 e. The summed E-state index contributed by atoms with van der Waals surface area (Å²) < 4.78 is 27.9. The number of esters is 1. The molecule has 0 unspecified atom stereocenters. The number of benzene rings is 2. The topological polar surface area (TPSA) is 89.5 Å². The van der Waals surface area contributed by atoms with Crippen molar-refractivity contribution in [2.75, 3.05) is 12.9 Å². The Labute approximate surface area is 158 Å². The number of hydrogen-bond acceptors (Lipinski definition) is 5. The predicted molar refractivity (Wildman–Crippen MR) is 100 cm³/mol. The normalized spacial score (nSPS) is 16.3. The molecule has 0 heterocycles. The van der Waals surface area contributed by atoms with Crippen LogP contribution in [0, 0.1) is 0 Å². The number of carbonyl (C=O) groups excluding carboxylic acids is 2. The van der Waals surface area contributed by atoms with Crippen molar-refractivity contribution in [1.82, 2.24) is 5.32 Å². The van der Waals surface area contributed by atoms with E-state index in [0.717, 1.165) is 31.1 Å². The second-order valence-corrected chi connectivity index (χ2v) is 8.60. The van der Waals surface area contributed by atoms with Crippen molar-refractivity contribution in [2.45, 2.75) is 30.2 Å². The summed E-state index contributed by atoms with van der Waals surface area (Å²) in [7, 11) is -3.33. The Morgan fingerprint density at radius 3 is 2.52 bits per heavy atom. The first-order valence-corrected chi connectivity index (χ1v) is 10.6. The molecule has 3 rings (SSSR count). The van der Waals surface area contributed by atoms with Crippen molar-refractivity contribution in [3.63, 3.8) is 0 Å². The van der Waals surface area contributed by atoms with Gasteiger partial charge in [0.1, 0.15) is 0 Å². The second-order valence-electron chi connectivity index (χ2n) is 6.58. The predicted octanol–water partition coefficient (Wildman–Crippen LogP) is 2.44. The van der Waals surface area contributed by atoms with Gasteiger partial charge in [-0.15, -0.1) is 0 Å². The smallest absolute Gasteiger partial charge is 0.338 e. The van der Waals surface area contributed by atoms with E-state index in [1.165, 1.54) is 29.8 Å². The van der Waals surface area contributed by atoms with E-state index in [1.807, 2.05) is 18.2 Å². The molecule has 1 N–H and O–H groups in total. The second kappa shape index (κ2) is 7.92. The quantitative estimate of drug-likeness (QED) is 0.796. The van der Waals surface area contributed by atoms with Gasteiger partial charge in [0.25, 0.3) is 5.91 Å². The highest BCUT2D eigenvalue weighted by molar-refractivity contribution is 7.90. The minimum atomic E-state index is -3.33. The lowest BCUT2D eigenvalue weighted by Gasteiger charge is -2.26. The lowest BCUT2D eigenvalue weighted by Crippen LogP contribution is -2.34. The van der Waals surface area contributed by atoms with Gasteiger partial charge in [0.2, 0.25) is 0 Å². The zero-order valence-corrected chi connectivity index (χ0v) is 15.8. The van der Waals surface area contributed by atoms with Crippen LogP contribution < -0.4 is 5.32 Å². The van der Waals surface area contributed by atoms with Crippen molar-refractivity contribution >= 4 is 21.7 Å². The summed E-state index contributed by atoms with van der Waals surface area (Å²) in [5.74, 6) is -1.04. The van der Waals surface area contributed by atoms with E-state index >= 15 is 0 Å². The molecule has 0 saturated heterocycles. The zero-order valence-electron chi connectivity index (χ0n) is 15.0. The van der Waals surface area contributed by atoms with Crippen molar-refractivity contribution in [3.05, 3.63) is 65.2 Å². The van der Waals surface area contributed by atoms with Gasteiger partial charge in [0.05, 0.1) is 16.5 Å². The van der Waals surface area contributed by atoms with Crippen LogP contribution in [0.15, 0.2) is 53.4 Å². The highest BCUT2D eigenvalue weighted by atomic mass is 32.2. The third-order valence-electron chi connectivity index (χ3n) is 4.56. The van der Waals surface area contributed by atoms with Gasteiger partial charge in [0.15, 0.2) is 16.4 Å². The molecule has 0 aromatic heterocycles. The average molecular weight is 387 g/mol. The molecule has 1 aliphatic rings. The van der Waals surface area contributed by atoms with Gasteiger partial charge in [-0.2, -0.15) is 0 Å². The van der Waals surface area contributed by atoms with E-state index in [-0.39, 0.29) is 29.0 Å². The van der Waals surface area contributed by atoms with Crippen LogP contribution in [-0.4, -0.2) is 33.2 Å². The SMILES string of the molecule is CS(=O)(=O)c1ccc(C(=O)OCC(=O)N[C@H]2CCCc3ccccc32)cc1. The first kappa shape index (κ1) is 19.1.